The minimum absolute atomic E-state index is 0.117. The Bertz CT molecular complexity index is 747. The number of sulfonamides is 1. The van der Waals surface area contributed by atoms with Crippen LogP contribution in [0.25, 0.3) is 0 Å². The number of halogens is 3. The highest BCUT2D eigenvalue weighted by Crippen LogP contribution is 2.31. The van der Waals surface area contributed by atoms with Gasteiger partial charge in [-0.1, -0.05) is 6.07 Å². The number of aryl methyl sites for hydroxylation is 1. The molecular formula is C12H10BrF2NO3S2. The van der Waals surface area contributed by atoms with Gasteiger partial charge in [0, 0.05) is 10.9 Å². The summed E-state index contributed by atoms with van der Waals surface area (Å²) in [6.07, 6.45) is 0. The Labute approximate surface area is 132 Å². The third-order valence-electron chi connectivity index (χ3n) is 2.44. The van der Waals surface area contributed by atoms with Gasteiger partial charge in [0.2, 0.25) is 0 Å². The fourth-order valence-electron chi connectivity index (χ4n) is 1.64. The van der Waals surface area contributed by atoms with Crippen LogP contribution < -0.4 is 9.46 Å². The number of thiophene rings is 1. The van der Waals surface area contributed by atoms with Gasteiger partial charge in [-0.2, -0.15) is 8.78 Å². The van der Waals surface area contributed by atoms with E-state index < -0.39 is 16.6 Å². The average Bonchev–Trinajstić information content (AvgIpc) is 2.68. The lowest BCUT2D eigenvalue weighted by molar-refractivity contribution is -0.0497. The summed E-state index contributed by atoms with van der Waals surface area (Å²) in [4.78, 5) is 0.758. The first kappa shape index (κ1) is 16.2. The van der Waals surface area contributed by atoms with Crippen molar-refractivity contribution in [3.8, 4) is 5.75 Å². The Morgan fingerprint density at radius 2 is 2.05 bits per heavy atom. The van der Waals surface area contributed by atoms with Crippen LogP contribution in [0.3, 0.4) is 0 Å². The highest BCUT2D eigenvalue weighted by atomic mass is 79.9. The summed E-state index contributed by atoms with van der Waals surface area (Å²) in [7, 11) is -3.78. The van der Waals surface area contributed by atoms with Crippen LogP contribution in [0, 0.1) is 6.92 Å². The topological polar surface area (TPSA) is 55.4 Å². The first-order chi connectivity index (χ1) is 9.78. The average molecular weight is 398 g/mol. The molecule has 2 rings (SSSR count). The summed E-state index contributed by atoms with van der Waals surface area (Å²) in [5.74, 6) is -0.117. The molecule has 9 heteroatoms. The van der Waals surface area contributed by atoms with E-state index in [1.807, 2.05) is 0 Å². The predicted molar refractivity (Wildman–Crippen MR) is 80.6 cm³/mol. The molecule has 0 fully saturated rings. The van der Waals surface area contributed by atoms with Crippen molar-refractivity contribution < 1.29 is 21.9 Å². The summed E-state index contributed by atoms with van der Waals surface area (Å²) >= 11 is 4.51. The van der Waals surface area contributed by atoms with Crippen molar-refractivity contribution in [3.63, 3.8) is 0 Å². The predicted octanol–water partition coefficient (Wildman–Crippen LogP) is 4.22. The fraction of sp³-hybridized carbons (Fsp3) is 0.167. The van der Waals surface area contributed by atoms with Crippen molar-refractivity contribution in [1.29, 1.82) is 0 Å². The van der Waals surface area contributed by atoms with Crippen LogP contribution in [0.4, 0.5) is 14.5 Å². The van der Waals surface area contributed by atoms with E-state index in [9.17, 15) is 17.2 Å². The van der Waals surface area contributed by atoms with E-state index >= 15 is 0 Å². The zero-order valence-electron chi connectivity index (χ0n) is 10.6. The number of ether oxygens (including phenoxy) is 1. The smallest absolute Gasteiger partial charge is 0.387 e. The first-order valence-electron chi connectivity index (χ1n) is 5.61. The second kappa shape index (κ2) is 6.29. The van der Waals surface area contributed by atoms with Gasteiger partial charge in [-0.3, -0.25) is 4.72 Å². The number of nitrogens with one attached hydrogen (secondary N) is 1. The summed E-state index contributed by atoms with van der Waals surface area (Å²) in [6.45, 7) is -1.28. The molecule has 0 spiro atoms. The van der Waals surface area contributed by atoms with Gasteiger partial charge < -0.3 is 4.74 Å². The molecule has 1 heterocycles. The minimum Gasteiger partial charge on any atom is -0.435 e. The molecule has 114 valence electrons. The van der Waals surface area contributed by atoms with E-state index in [4.69, 9.17) is 0 Å². The van der Waals surface area contributed by atoms with Crippen molar-refractivity contribution >= 4 is 43.0 Å². The highest BCUT2D eigenvalue weighted by molar-refractivity contribution is 9.11. The molecule has 0 aliphatic carbocycles. The summed E-state index contributed by atoms with van der Waals surface area (Å²) < 4.78 is 56.1. The zero-order valence-corrected chi connectivity index (χ0v) is 13.9. The lowest BCUT2D eigenvalue weighted by atomic mass is 10.3. The normalized spacial score (nSPS) is 11.7. The maximum Gasteiger partial charge on any atom is 0.387 e. The molecule has 4 nitrogen and oxygen atoms in total. The van der Waals surface area contributed by atoms with Gasteiger partial charge in [-0.05, 0) is 41.1 Å². The number of hydrogen-bond acceptors (Lipinski definition) is 4. The molecule has 21 heavy (non-hydrogen) atoms. The second-order valence-electron chi connectivity index (χ2n) is 3.98. The van der Waals surface area contributed by atoms with Crippen LogP contribution in [0.2, 0.25) is 0 Å². The zero-order chi connectivity index (χ0) is 15.6. The van der Waals surface area contributed by atoms with Crippen LogP contribution in [0.5, 0.6) is 5.75 Å². The molecular weight excluding hydrogens is 388 g/mol. The SMILES string of the molecule is Cc1sc(Br)cc1S(=O)(=O)Nc1cccc(OC(F)F)c1. The molecule has 1 N–H and O–H groups in total. The van der Waals surface area contributed by atoms with Crippen molar-refractivity contribution in [1.82, 2.24) is 0 Å². The molecule has 1 aromatic carbocycles. The van der Waals surface area contributed by atoms with E-state index in [0.29, 0.717) is 8.66 Å². The number of alkyl halides is 2. The van der Waals surface area contributed by atoms with Crippen LogP contribution in [0.1, 0.15) is 4.88 Å². The molecule has 0 aliphatic rings. The standard InChI is InChI=1S/C12H10BrF2NO3S2/c1-7-10(6-11(13)20-7)21(17,18)16-8-3-2-4-9(5-8)19-12(14)15/h2-6,12,16H,1H3. The van der Waals surface area contributed by atoms with Gasteiger partial charge in [-0.25, -0.2) is 8.42 Å². The number of benzene rings is 1. The second-order valence-corrected chi connectivity index (χ2v) is 8.27. The Hall–Kier alpha value is -1.19. The maximum absolute atomic E-state index is 12.3. The summed E-state index contributed by atoms with van der Waals surface area (Å²) in [5.41, 5.74) is 0.148. The van der Waals surface area contributed by atoms with Crippen molar-refractivity contribution in [2.45, 2.75) is 18.4 Å². The minimum atomic E-state index is -3.78. The van der Waals surface area contributed by atoms with Crippen molar-refractivity contribution in [2.24, 2.45) is 0 Å². The third kappa shape index (κ3) is 4.14. The molecule has 0 amide bonds. The molecule has 0 aliphatic heterocycles. The summed E-state index contributed by atoms with van der Waals surface area (Å²) in [6, 6.07) is 6.87. The van der Waals surface area contributed by atoms with E-state index in [0.717, 1.165) is 0 Å². The molecule has 0 saturated heterocycles. The Morgan fingerprint density at radius 3 is 2.62 bits per heavy atom. The molecule has 0 saturated carbocycles. The molecule has 2 aromatic rings. The third-order valence-corrected chi connectivity index (χ3v) is 5.63. The van der Waals surface area contributed by atoms with Crippen LogP contribution in [-0.4, -0.2) is 15.0 Å². The van der Waals surface area contributed by atoms with Gasteiger partial charge in [0.15, 0.2) is 0 Å². The van der Waals surface area contributed by atoms with Crippen LogP contribution in [0.15, 0.2) is 39.0 Å². The van der Waals surface area contributed by atoms with E-state index in [1.165, 1.54) is 41.7 Å². The van der Waals surface area contributed by atoms with Crippen LogP contribution >= 0.6 is 27.3 Å². The number of hydrogen-bond donors (Lipinski definition) is 1. The first-order valence-corrected chi connectivity index (χ1v) is 8.71. The molecule has 0 atom stereocenters. The van der Waals surface area contributed by atoms with E-state index in [-0.39, 0.29) is 16.3 Å². The van der Waals surface area contributed by atoms with Crippen molar-refractivity contribution in [2.75, 3.05) is 4.72 Å². The lowest BCUT2D eigenvalue weighted by Gasteiger charge is -2.09. The van der Waals surface area contributed by atoms with Gasteiger partial charge in [-0.15, -0.1) is 11.3 Å². The molecule has 0 unspecified atom stereocenters. The van der Waals surface area contributed by atoms with Gasteiger partial charge in [0.25, 0.3) is 10.0 Å². The van der Waals surface area contributed by atoms with E-state index in [2.05, 4.69) is 25.4 Å². The quantitative estimate of drug-likeness (QED) is 0.821. The van der Waals surface area contributed by atoms with E-state index in [1.54, 1.807) is 6.92 Å². The monoisotopic (exact) mass is 397 g/mol. The largest absolute Gasteiger partial charge is 0.435 e. The molecule has 0 bridgehead atoms. The van der Waals surface area contributed by atoms with Crippen LogP contribution in [-0.2, 0) is 10.0 Å². The van der Waals surface area contributed by atoms with Crippen molar-refractivity contribution in [3.05, 3.63) is 39.0 Å². The maximum atomic E-state index is 12.3. The Morgan fingerprint density at radius 1 is 1.33 bits per heavy atom. The Kier molecular flexibility index (Phi) is 4.84. The fourth-order valence-corrected chi connectivity index (χ4v) is 5.11. The van der Waals surface area contributed by atoms with Gasteiger partial charge >= 0.3 is 6.61 Å². The van der Waals surface area contributed by atoms with Gasteiger partial charge in [0.1, 0.15) is 10.6 Å². The number of anilines is 1. The molecule has 1 aromatic heterocycles. The number of rotatable bonds is 5. The van der Waals surface area contributed by atoms with Gasteiger partial charge in [0.05, 0.1) is 9.47 Å². The lowest BCUT2D eigenvalue weighted by Crippen LogP contribution is -2.13. The highest BCUT2D eigenvalue weighted by Gasteiger charge is 2.20. The Balaban J connectivity index is 2.27. The molecule has 0 radical (unpaired) electrons. The summed E-state index contributed by atoms with van der Waals surface area (Å²) in [5, 5.41) is 0.